The topological polar surface area (TPSA) is 61.8 Å². The van der Waals surface area contributed by atoms with Crippen molar-refractivity contribution in [3.05, 3.63) is 72.9 Å². The van der Waals surface area contributed by atoms with Crippen molar-refractivity contribution in [2.24, 2.45) is 0 Å². The van der Waals surface area contributed by atoms with E-state index in [9.17, 15) is 9.59 Å². The molecule has 0 aromatic heterocycles. The van der Waals surface area contributed by atoms with Gasteiger partial charge in [-0.25, -0.2) is 0 Å². The van der Waals surface area contributed by atoms with E-state index in [0.29, 0.717) is 19.4 Å². The SMILES string of the molecule is CC/C=C\C/C=C\C/C=C\C/C=C\CCCCCCC(=O)OCC(COCCCCCCCCCCCC)OC(=O)CCCCCCC/C=C\C/C=C\CCC. The zero-order chi connectivity index (χ0) is 40.7. The van der Waals surface area contributed by atoms with Gasteiger partial charge in [0, 0.05) is 19.4 Å². The van der Waals surface area contributed by atoms with Crippen LogP contribution in [0, 0.1) is 0 Å². The van der Waals surface area contributed by atoms with Crippen LogP contribution in [0.5, 0.6) is 0 Å². The van der Waals surface area contributed by atoms with Crippen molar-refractivity contribution in [3.63, 3.8) is 0 Å². The fourth-order valence-corrected chi connectivity index (χ4v) is 6.24. The molecule has 1 atom stereocenters. The molecule has 1 unspecified atom stereocenters. The fraction of sp³-hybridized carbons (Fsp3) is 0.725. The summed E-state index contributed by atoms with van der Waals surface area (Å²) in [6.07, 6.45) is 59.0. The third-order valence-corrected chi connectivity index (χ3v) is 9.71. The summed E-state index contributed by atoms with van der Waals surface area (Å²) in [5.74, 6) is -0.441. The number of ether oxygens (including phenoxy) is 3. The number of allylic oxidation sites excluding steroid dienone is 12. The number of rotatable bonds is 42. The van der Waals surface area contributed by atoms with Gasteiger partial charge in [0.25, 0.3) is 0 Å². The van der Waals surface area contributed by atoms with E-state index in [0.717, 1.165) is 109 Å². The van der Waals surface area contributed by atoms with Gasteiger partial charge in [-0.3, -0.25) is 9.59 Å². The Bertz CT molecular complexity index is 1020. The average molecular weight is 781 g/mol. The lowest BCUT2D eigenvalue weighted by molar-refractivity contribution is -0.163. The van der Waals surface area contributed by atoms with Gasteiger partial charge in [-0.05, 0) is 83.5 Å². The first-order valence-corrected chi connectivity index (χ1v) is 23.5. The third-order valence-electron chi connectivity index (χ3n) is 9.71. The van der Waals surface area contributed by atoms with Crippen molar-refractivity contribution in [1.82, 2.24) is 0 Å². The maximum atomic E-state index is 12.7. The highest BCUT2D eigenvalue weighted by atomic mass is 16.6. The molecule has 0 N–H and O–H groups in total. The van der Waals surface area contributed by atoms with Gasteiger partial charge in [0.15, 0.2) is 6.10 Å². The molecule has 5 nitrogen and oxygen atoms in total. The molecule has 0 saturated heterocycles. The van der Waals surface area contributed by atoms with Crippen molar-refractivity contribution < 1.29 is 23.8 Å². The molecule has 0 spiro atoms. The number of hydrogen-bond acceptors (Lipinski definition) is 5. The van der Waals surface area contributed by atoms with E-state index in [-0.39, 0.29) is 25.2 Å². The van der Waals surface area contributed by atoms with Crippen molar-refractivity contribution >= 4 is 11.9 Å². The third kappa shape index (κ3) is 44.1. The summed E-state index contributed by atoms with van der Waals surface area (Å²) in [7, 11) is 0. The van der Waals surface area contributed by atoms with Crippen molar-refractivity contribution in [3.8, 4) is 0 Å². The van der Waals surface area contributed by atoms with Crippen LogP contribution in [0.2, 0.25) is 0 Å². The Hall–Kier alpha value is -2.66. The molecule has 0 aliphatic rings. The fourth-order valence-electron chi connectivity index (χ4n) is 6.24. The summed E-state index contributed by atoms with van der Waals surface area (Å²) in [5.41, 5.74) is 0. The number of hydrogen-bond donors (Lipinski definition) is 0. The van der Waals surface area contributed by atoms with Crippen LogP contribution >= 0.6 is 0 Å². The van der Waals surface area contributed by atoms with Crippen LogP contribution in [-0.2, 0) is 23.8 Å². The lowest BCUT2D eigenvalue weighted by Gasteiger charge is -2.18. The highest BCUT2D eigenvalue weighted by Crippen LogP contribution is 2.13. The number of carbonyl (C=O) groups excluding carboxylic acids is 2. The molecule has 0 bridgehead atoms. The summed E-state index contributed by atoms with van der Waals surface area (Å²) in [4.78, 5) is 25.3. The summed E-state index contributed by atoms with van der Waals surface area (Å²) >= 11 is 0. The minimum Gasteiger partial charge on any atom is -0.462 e. The largest absolute Gasteiger partial charge is 0.462 e. The summed E-state index contributed by atoms with van der Waals surface area (Å²) in [6.45, 7) is 7.60. The number of esters is 2. The Kier molecular flexibility index (Phi) is 44.5. The summed E-state index contributed by atoms with van der Waals surface area (Å²) in [5, 5.41) is 0. The number of unbranched alkanes of at least 4 members (excludes halogenated alkanes) is 19. The van der Waals surface area contributed by atoms with E-state index < -0.39 is 6.10 Å². The molecule has 0 radical (unpaired) electrons. The Labute approximate surface area is 347 Å². The molecule has 322 valence electrons. The lowest BCUT2D eigenvalue weighted by Crippen LogP contribution is -2.30. The van der Waals surface area contributed by atoms with Gasteiger partial charge in [-0.15, -0.1) is 0 Å². The number of carbonyl (C=O) groups is 2. The van der Waals surface area contributed by atoms with E-state index in [1.165, 1.54) is 70.6 Å². The Morgan fingerprint density at radius 1 is 0.411 bits per heavy atom. The molecule has 5 heteroatoms. The molecule has 0 aliphatic heterocycles. The predicted octanol–water partition coefficient (Wildman–Crippen LogP) is 15.6. The molecule has 0 aromatic rings. The van der Waals surface area contributed by atoms with Crippen LogP contribution in [0.25, 0.3) is 0 Å². The molecular weight excluding hydrogens is 693 g/mol. The van der Waals surface area contributed by atoms with Gasteiger partial charge in [0.2, 0.25) is 0 Å². The first kappa shape index (κ1) is 53.3. The average Bonchev–Trinajstić information content (AvgIpc) is 3.20. The minimum absolute atomic E-state index is 0.0658. The van der Waals surface area contributed by atoms with Crippen LogP contribution in [0.1, 0.15) is 213 Å². The van der Waals surface area contributed by atoms with Gasteiger partial charge in [-0.1, -0.05) is 190 Å². The molecule has 0 saturated carbocycles. The Morgan fingerprint density at radius 3 is 1.36 bits per heavy atom. The smallest absolute Gasteiger partial charge is 0.306 e. The first-order valence-electron chi connectivity index (χ1n) is 23.5. The van der Waals surface area contributed by atoms with Gasteiger partial charge < -0.3 is 14.2 Å². The Morgan fingerprint density at radius 2 is 0.839 bits per heavy atom. The molecule has 0 amide bonds. The normalized spacial score (nSPS) is 12.8. The van der Waals surface area contributed by atoms with Crippen molar-refractivity contribution in [2.75, 3.05) is 19.8 Å². The standard InChI is InChI=1S/C51H88O5/c1-4-7-10-13-16-19-22-24-25-26-27-29-30-32-35-38-41-44-50(52)55-48-49(47-54-46-43-40-37-34-21-18-15-12-9-6-3)56-51(53)45-42-39-36-33-31-28-23-20-17-14-11-8-5-2/h7,10-11,14,16,19-20,23-25,27,29,49H,4-6,8-9,12-13,15,17-18,21-22,26,28,30-48H2,1-3H3/b10-7-,14-11-,19-16-,23-20-,25-24-,29-27-. The first-order chi connectivity index (χ1) is 27.6. The van der Waals surface area contributed by atoms with E-state index in [1.54, 1.807) is 0 Å². The molecule has 0 aliphatic carbocycles. The summed E-state index contributed by atoms with van der Waals surface area (Å²) < 4.78 is 17.3. The van der Waals surface area contributed by atoms with Crippen molar-refractivity contribution in [2.45, 2.75) is 219 Å². The van der Waals surface area contributed by atoms with E-state index >= 15 is 0 Å². The molecule has 0 heterocycles. The second-order valence-corrected chi connectivity index (χ2v) is 15.3. The van der Waals surface area contributed by atoms with Crippen LogP contribution in [0.15, 0.2) is 72.9 Å². The summed E-state index contributed by atoms with van der Waals surface area (Å²) in [6, 6.07) is 0. The Balaban J connectivity index is 4.30. The van der Waals surface area contributed by atoms with Crippen LogP contribution in [-0.4, -0.2) is 37.9 Å². The van der Waals surface area contributed by atoms with Crippen LogP contribution in [0.3, 0.4) is 0 Å². The molecule has 0 fully saturated rings. The minimum atomic E-state index is -0.552. The van der Waals surface area contributed by atoms with Crippen LogP contribution < -0.4 is 0 Å². The molecule has 0 aromatic carbocycles. The van der Waals surface area contributed by atoms with Gasteiger partial charge in [-0.2, -0.15) is 0 Å². The van der Waals surface area contributed by atoms with Crippen molar-refractivity contribution in [1.29, 1.82) is 0 Å². The predicted molar refractivity (Wildman–Crippen MR) is 242 cm³/mol. The maximum absolute atomic E-state index is 12.7. The molecule has 0 rings (SSSR count). The van der Waals surface area contributed by atoms with E-state index in [1.807, 2.05) is 0 Å². The maximum Gasteiger partial charge on any atom is 0.306 e. The highest BCUT2D eigenvalue weighted by molar-refractivity contribution is 5.70. The van der Waals surface area contributed by atoms with Gasteiger partial charge in [0.05, 0.1) is 6.61 Å². The van der Waals surface area contributed by atoms with E-state index in [4.69, 9.17) is 14.2 Å². The second kappa shape index (κ2) is 46.7. The quantitative estimate of drug-likeness (QED) is 0.0351. The van der Waals surface area contributed by atoms with Gasteiger partial charge >= 0.3 is 11.9 Å². The zero-order valence-electron chi connectivity index (χ0n) is 36.9. The van der Waals surface area contributed by atoms with Gasteiger partial charge in [0.1, 0.15) is 6.61 Å². The van der Waals surface area contributed by atoms with Crippen LogP contribution in [0.4, 0.5) is 0 Å². The molecular formula is C51H88O5. The molecule has 56 heavy (non-hydrogen) atoms. The van der Waals surface area contributed by atoms with E-state index in [2.05, 4.69) is 93.7 Å². The zero-order valence-corrected chi connectivity index (χ0v) is 36.9. The lowest BCUT2D eigenvalue weighted by atomic mass is 10.1. The highest BCUT2D eigenvalue weighted by Gasteiger charge is 2.17. The second-order valence-electron chi connectivity index (χ2n) is 15.3. The monoisotopic (exact) mass is 781 g/mol.